The molecule has 2 aromatic carbocycles. The van der Waals surface area contributed by atoms with Crippen molar-refractivity contribution in [1.82, 2.24) is 0 Å². The van der Waals surface area contributed by atoms with Gasteiger partial charge in [0.1, 0.15) is 5.75 Å². The molecule has 7 heteroatoms. The number of hydrogen-bond donors (Lipinski definition) is 1. The molecule has 1 aromatic heterocycles. The van der Waals surface area contributed by atoms with Crippen molar-refractivity contribution in [3.05, 3.63) is 76.2 Å². The van der Waals surface area contributed by atoms with Gasteiger partial charge in [-0.1, -0.05) is 12.1 Å². The zero-order chi connectivity index (χ0) is 19.9. The molecular weight excluding hydrogens is 381 g/mol. The van der Waals surface area contributed by atoms with Crippen molar-refractivity contribution >= 4 is 28.9 Å². The van der Waals surface area contributed by atoms with Crippen molar-refractivity contribution < 1.29 is 23.5 Å². The van der Waals surface area contributed by atoms with Crippen LogP contribution in [0.2, 0.25) is 0 Å². The highest BCUT2D eigenvalue weighted by Crippen LogP contribution is 2.20. The fraction of sp³-hybridized carbons (Fsp3) is 0.143. The summed E-state index contributed by atoms with van der Waals surface area (Å²) in [4.78, 5) is 24.6. The first-order chi connectivity index (χ1) is 13.5. The molecule has 0 saturated carbocycles. The lowest BCUT2D eigenvalue weighted by molar-refractivity contribution is -0.134. The van der Waals surface area contributed by atoms with Crippen molar-refractivity contribution in [1.29, 1.82) is 0 Å². The number of amides is 1. The third kappa shape index (κ3) is 5.17. The lowest BCUT2D eigenvalue weighted by Crippen LogP contribution is -2.11. The van der Waals surface area contributed by atoms with Crippen molar-refractivity contribution in [3.63, 3.8) is 0 Å². The zero-order valence-corrected chi connectivity index (χ0v) is 15.9. The normalized spacial score (nSPS) is 10.4. The van der Waals surface area contributed by atoms with Crippen LogP contribution in [-0.2, 0) is 11.2 Å². The van der Waals surface area contributed by atoms with Gasteiger partial charge in [-0.2, -0.15) is 0 Å². The molecule has 0 radical (unpaired) electrons. The number of methoxy groups -OCH3 is 1. The number of hydrogen-bond acceptors (Lipinski definition) is 5. The minimum Gasteiger partial charge on any atom is -0.494 e. The van der Waals surface area contributed by atoms with E-state index in [2.05, 4.69) is 5.32 Å². The van der Waals surface area contributed by atoms with E-state index in [-0.39, 0.29) is 18.1 Å². The monoisotopic (exact) mass is 399 g/mol. The van der Waals surface area contributed by atoms with Crippen LogP contribution in [0.3, 0.4) is 0 Å². The second kappa shape index (κ2) is 9.14. The van der Waals surface area contributed by atoms with E-state index >= 15 is 0 Å². The topological polar surface area (TPSA) is 64.6 Å². The van der Waals surface area contributed by atoms with E-state index in [0.29, 0.717) is 28.3 Å². The average molecular weight is 399 g/mol. The third-order valence-corrected chi connectivity index (χ3v) is 4.79. The van der Waals surface area contributed by atoms with Crippen LogP contribution in [0.5, 0.6) is 11.5 Å². The summed E-state index contributed by atoms with van der Waals surface area (Å²) < 4.78 is 23.8. The minimum atomic E-state index is -0.464. The first kappa shape index (κ1) is 19.6. The Hall–Kier alpha value is -3.19. The molecule has 0 unspecified atom stereocenters. The number of esters is 1. The van der Waals surface area contributed by atoms with Gasteiger partial charge in [0, 0.05) is 12.1 Å². The molecule has 1 heterocycles. The Morgan fingerprint density at radius 1 is 1.11 bits per heavy atom. The number of carbonyl (C=O) groups excluding carboxylic acids is 2. The molecule has 1 amide bonds. The molecule has 3 rings (SSSR count). The number of benzene rings is 2. The van der Waals surface area contributed by atoms with Gasteiger partial charge in [0.2, 0.25) is 0 Å². The predicted octanol–water partition coefficient (Wildman–Crippen LogP) is 4.69. The second-order valence-electron chi connectivity index (χ2n) is 5.90. The number of ether oxygens (including phenoxy) is 2. The third-order valence-electron chi connectivity index (χ3n) is 3.92. The first-order valence-corrected chi connectivity index (χ1v) is 9.41. The summed E-state index contributed by atoms with van der Waals surface area (Å²) in [5, 5.41) is 4.60. The summed E-state index contributed by atoms with van der Waals surface area (Å²) in [6.45, 7) is 0. The molecule has 3 aromatic rings. The molecule has 0 aliphatic heterocycles. The highest BCUT2D eigenvalue weighted by Gasteiger charge is 2.10. The quantitative estimate of drug-likeness (QED) is 0.463. The molecule has 0 spiro atoms. The van der Waals surface area contributed by atoms with E-state index in [4.69, 9.17) is 9.47 Å². The molecule has 144 valence electrons. The zero-order valence-electron chi connectivity index (χ0n) is 15.1. The lowest BCUT2D eigenvalue weighted by atomic mass is 10.1. The maximum Gasteiger partial charge on any atom is 0.311 e. The van der Waals surface area contributed by atoms with Crippen LogP contribution in [0.4, 0.5) is 10.1 Å². The molecular formula is C21H18FNO4S. The summed E-state index contributed by atoms with van der Waals surface area (Å²) in [6, 6.07) is 14.7. The Morgan fingerprint density at radius 2 is 1.89 bits per heavy atom. The van der Waals surface area contributed by atoms with Gasteiger partial charge in [-0.15, -0.1) is 11.3 Å². The number of carbonyl (C=O) groups is 2. The number of halogens is 1. The van der Waals surface area contributed by atoms with E-state index in [0.717, 1.165) is 0 Å². The van der Waals surface area contributed by atoms with Gasteiger partial charge in [-0.25, -0.2) is 4.39 Å². The van der Waals surface area contributed by atoms with Crippen molar-refractivity contribution in [3.8, 4) is 11.5 Å². The standard InChI is InChI=1S/C21H18FNO4S/c1-26-18-10-4-14(13-17(18)22)5-11-20(24)27-16-8-6-15(7-9-16)23-21(25)19-3-2-12-28-19/h2-4,6-10,12-13H,5,11H2,1H3,(H,23,25). The number of aryl methyl sites for hydroxylation is 1. The molecule has 0 saturated heterocycles. The summed E-state index contributed by atoms with van der Waals surface area (Å²) >= 11 is 1.36. The highest BCUT2D eigenvalue weighted by atomic mass is 32.1. The molecule has 0 fully saturated rings. The Kier molecular flexibility index (Phi) is 6.39. The smallest absolute Gasteiger partial charge is 0.311 e. The number of thiophene rings is 1. The van der Waals surface area contributed by atoms with Crippen LogP contribution in [0.1, 0.15) is 21.7 Å². The maximum absolute atomic E-state index is 13.7. The van der Waals surface area contributed by atoms with Crippen LogP contribution in [0.15, 0.2) is 60.0 Å². The van der Waals surface area contributed by atoms with Crippen molar-refractivity contribution in [2.24, 2.45) is 0 Å². The number of nitrogens with one attached hydrogen (secondary N) is 1. The van der Waals surface area contributed by atoms with Gasteiger partial charge in [0.15, 0.2) is 11.6 Å². The van der Waals surface area contributed by atoms with Crippen molar-refractivity contribution in [2.45, 2.75) is 12.8 Å². The van der Waals surface area contributed by atoms with E-state index < -0.39 is 11.8 Å². The molecule has 0 aliphatic carbocycles. The van der Waals surface area contributed by atoms with E-state index in [9.17, 15) is 14.0 Å². The Balaban J connectivity index is 1.50. The lowest BCUT2D eigenvalue weighted by Gasteiger charge is -2.07. The largest absolute Gasteiger partial charge is 0.494 e. The van der Waals surface area contributed by atoms with E-state index in [1.54, 1.807) is 36.4 Å². The Morgan fingerprint density at radius 3 is 2.54 bits per heavy atom. The van der Waals surface area contributed by atoms with Crippen LogP contribution >= 0.6 is 11.3 Å². The van der Waals surface area contributed by atoms with Crippen LogP contribution in [0, 0.1) is 5.82 Å². The predicted molar refractivity (Wildman–Crippen MR) is 106 cm³/mol. The first-order valence-electron chi connectivity index (χ1n) is 8.53. The van der Waals surface area contributed by atoms with E-state index in [1.807, 2.05) is 11.4 Å². The van der Waals surface area contributed by atoms with Crippen LogP contribution < -0.4 is 14.8 Å². The maximum atomic E-state index is 13.7. The van der Waals surface area contributed by atoms with Gasteiger partial charge in [0.25, 0.3) is 5.91 Å². The van der Waals surface area contributed by atoms with Gasteiger partial charge in [-0.3, -0.25) is 9.59 Å². The number of anilines is 1. The molecule has 28 heavy (non-hydrogen) atoms. The molecule has 0 bridgehead atoms. The summed E-state index contributed by atoms with van der Waals surface area (Å²) in [6.07, 6.45) is 0.470. The van der Waals surface area contributed by atoms with Crippen molar-refractivity contribution in [2.75, 3.05) is 12.4 Å². The molecule has 0 atom stereocenters. The Labute approximate surface area is 165 Å². The molecule has 1 N–H and O–H groups in total. The average Bonchev–Trinajstić information content (AvgIpc) is 3.23. The van der Waals surface area contributed by atoms with Gasteiger partial charge in [0.05, 0.1) is 12.0 Å². The summed E-state index contributed by atoms with van der Waals surface area (Å²) in [7, 11) is 1.40. The minimum absolute atomic E-state index is 0.114. The second-order valence-corrected chi connectivity index (χ2v) is 6.85. The SMILES string of the molecule is COc1ccc(CCC(=O)Oc2ccc(NC(=O)c3cccs3)cc2)cc1F. The molecule has 5 nitrogen and oxygen atoms in total. The van der Waals surface area contributed by atoms with Gasteiger partial charge in [-0.05, 0) is 59.8 Å². The fourth-order valence-electron chi connectivity index (χ4n) is 2.50. The molecule has 0 aliphatic rings. The fourth-order valence-corrected chi connectivity index (χ4v) is 3.12. The number of rotatable bonds is 7. The van der Waals surface area contributed by atoms with Crippen LogP contribution in [0.25, 0.3) is 0 Å². The summed E-state index contributed by atoms with van der Waals surface area (Å²) in [5.41, 5.74) is 1.29. The summed E-state index contributed by atoms with van der Waals surface area (Å²) in [5.74, 6) is -0.538. The van der Waals surface area contributed by atoms with Crippen LogP contribution in [-0.4, -0.2) is 19.0 Å². The van der Waals surface area contributed by atoms with E-state index in [1.165, 1.54) is 30.6 Å². The highest BCUT2D eigenvalue weighted by molar-refractivity contribution is 7.12. The van der Waals surface area contributed by atoms with Gasteiger partial charge < -0.3 is 14.8 Å². The Bertz CT molecular complexity index is 955. The van der Waals surface area contributed by atoms with Gasteiger partial charge >= 0.3 is 5.97 Å².